The number of ketones is 1. The van der Waals surface area contributed by atoms with E-state index in [1.807, 2.05) is 25.1 Å². The van der Waals surface area contributed by atoms with Crippen LogP contribution in [0.5, 0.6) is 0 Å². The average Bonchev–Trinajstić information content (AvgIpc) is 2.47. The largest absolute Gasteiger partial charge is 0.336 e. The third kappa shape index (κ3) is 2.74. The van der Waals surface area contributed by atoms with Crippen LogP contribution < -0.4 is 10.6 Å². The molecule has 2 N–H and O–H groups in total. The Morgan fingerprint density at radius 3 is 2.95 bits per heavy atom. The molecule has 116 valence electrons. The molecule has 2 fully saturated rings. The zero-order valence-corrected chi connectivity index (χ0v) is 12.5. The summed E-state index contributed by atoms with van der Waals surface area (Å²) in [6.45, 7) is 3.77. The number of hydrogen-bond donors (Lipinski definition) is 2. The molecule has 2 unspecified atom stereocenters. The highest BCUT2D eigenvalue weighted by Crippen LogP contribution is 2.23. The number of piperazine rings is 1. The minimum Gasteiger partial charge on any atom is -0.336 e. The van der Waals surface area contributed by atoms with Gasteiger partial charge >= 0.3 is 0 Å². The van der Waals surface area contributed by atoms with Crippen LogP contribution >= 0.6 is 0 Å². The van der Waals surface area contributed by atoms with Crippen LogP contribution in [0.3, 0.4) is 0 Å². The molecule has 2 heterocycles. The molecule has 3 rings (SSSR count). The molecule has 0 aromatic heterocycles. The highest BCUT2D eigenvalue weighted by atomic mass is 16.2. The number of benzene rings is 1. The number of hydrogen-bond acceptors (Lipinski definition) is 4. The second kappa shape index (κ2) is 5.88. The number of nitrogens with zero attached hydrogens (tertiary/aromatic N) is 1. The maximum Gasteiger partial charge on any atom is 0.244 e. The Kier molecular flexibility index (Phi) is 3.94. The van der Waals surface area contributed by atoms with Gasteiger partial charge in [-0.05, 0) is 24.6 Å². The number of amides is 2. The minimum atomic E-state index is -1.21. The Labute approximate surface area is 128 Å². The van der Waals surface area contributed by atoms with E-state index in [2.05, 4.69) is 10.6 Å². The molecule has 2 saturated heterocycles. The number of carbonyl (C=O) groups is 3. The summed E-state index contributed by atoms with van der Waals surface area (Å²) in [6, 6.07) is 7.18. The van der Waals surface area contributed by atoms with Crippen molar-refractivity contribution in [1.29, 1.82) is 0 Å². The van der Waals surface area contributed by atoms with Crippen molar-refractivity contribution >= 4 is 23.3 Å². The van der Waals surface area contributed by atoms with Gasteiger partial charge in [0, 0.05) is 31.7 Å². The maximum atomic E-state index is 12.5. The molecule has 1 aromatic carbocycles. The average molecular weight is 301 g/mol. The number of Topliss-reactive ketones (excluding diaryl/α,β-unsaturated/α-hetero) is 1. The van der Waals surface area contributed by atoms with Crippen LogP contribution in [0.1, 0.15) is 12.0 Å². The van der Waals surface area contributed by atoms with Gasteiger partial charge in [-0.15, -0.1) is 0 Å². The molecule has 1 aromatic rings. The van der Waals surface area contributed by atoms with Gasteiger partial charge in [0.25, 0.3) is 0 Å². The van der Waals surface area contributed by atoms with Crippen molar-refractivity contribution in [2.75, 3.05) is 25.0 Å². The Morgan fingerprint density at radius 1 is 1.36 bits per heavy atom. The molecule has 6 heteroatoms. The van der Waals surface area contributed by atoms with Crippen molar-refractivity contribution in [3.05, 3.63) is 29.8 Å². The summed E-state index contributed by atoms with van der Waals surface area (Å²) in [6.07, 6.45) is 0.241. The van der Waals surface area contributed by atoms with Crippen molar-refractivity contribution < 1.29 is 14.4 Å². The molecular formula is C16H19N3O3. The smallest absolute Gasteiger partial charge is 0.244 e. The predicted octanol–water partition coefficient (Wildman–Crippen LogP) is 0.323. The molecule has 0 aliphatic carbocycles. The van der Waals surface area contributed by atoms with Gasteiger partial charge in [0.15, 0.2) is 11.7 Å². The number of anilines is 1. The van der Waals surface area contributed by atoms with Crippen LogP contribution in [0.15, 0.2) is 24.3 Å². The summed E-state index contributed by atoms with van der Waals surface area (Å²) in [7, 11) is 0. The number of piperidine rings is 1. The van der Waals surface area contributed by atoms with Gasteiger partial charge in [0.1, 0.15) is 0 Å². The standard InChI is InChI=1S/C16H19N3O3/c1-10-3-2-4-11(7-10)18-15(21)14-13(20)8-12-9-17-5-6-19(12)16(14)22/h2-4,7,12,14,17H,5-6,8-9H2,1H3,(H,18,21). The highest BCUT2D eigenvalue weighted by Gasteiger charge is 2.45. The third-order valence-corrected chi connectivity index (χ3v) is 4.19. The van der Waals surface area contributed by atoms with Gasteiger partial charge < -0.3 is 15.5 Å². The minimum absolute atomic E-state index is 0.114. The van der Waals surface area contributed by atoms with Crippen LogP contribution in [0.25, 0.3) is 0 Å². The van der Waals surface area contributed by atoms with E-state index in [0.717, 1.165) is 5.56 Å². The summed E-state index contributed by atoms with van der Waals surface area (Å²) in [5.41, 5.74) is 1.61. The van der Waals surface area contributed by atoms with Crippen molar-refractivity contribution in [3.63, 3.8) is 0 Å². The molecule has 0 saturated carbocycles. The first-order chi connectivity index (χ1) is 10.6. The number of aryl methyl sites for hydroxylation is 1. The van der Waals surface area contributed by atoms with E-state index in [9.17, 15) is 14.4 Å². The molecule has 0 spiro atoms. The van der Waals surface area contributed by atoms with Crippen molar-refractivity contribution in [2.45, 2.75) is 19.4 Å². The normalized spacial score (nSPS) is 24.9. The monoisotopic (exact) mass is 301 g/mol. The van der Waals surface area contributed by atoms with E-state index in [-0.39, 0.29) is 24.2 Å². The van der Waals surface area contributed by atoms with Gasteiger partial charge in [0.2, 0.25) is 11.8 Å². The lowest BCUT2D eigenvalue weighted by Gasteiger charge is -2.41. The highest BCUT2D eigenvalue weighted by molar-refractivity contribution is 6.22. The van der Waals surface area contributed by atoms with Gasteiger partial charge in [-0.2, -0.15) is 0 Å². The van der Waals surface area contributed by atoms with Crippen molar-refractivity contribution in [2.24, 2.45) is 5.92 Å². The van der Waals surface area contributed by atoms with Crippen LogP contribution in [0.2, 0.25) is 0 Å². The van der Waals surface area contributed by atoms with E-state index in [1.54, 1.807) is 11.0 Å². The SMILES string of the molecule is Cc1cccc(NC(=O)C2C(=O)CC3CNCCN3C2=O)c1. The molecule has 2 aliphatic rings. The zero-order chi connectivity index (χ0) is 15.7. The van der Waals surface area contributed by atoms with E-state index in [4.69, 9.17) is 0 Å². The predicted molar refractivity (Wildman–Crippen MR) is 81.3 cm³/mol. The van der Waals surface area contributed by atoms with E-state index in [0.29, 0.717) is 25.3 Å². The van der Waals surface area contributed by atoms with Crippen molar-refractivity contribution in [1.82, 2.24) is 10.2 Å². The van der Waals surface area contributed by atoms with E-state index in [1.165, 1.54) is 0 Å². The molecular weight excluding hydrogens is 282 g/mol. The second-order valence-electron chi connectivity index (χ2n) is 5.85. The Morgan fingerprint density at radius 2 is 2.18 bits per heavy atom. The maximum absolute atomic E-state index is 12.5. The lowest BCUT2D eigenvalue weighted by Crippen LogP contribution is -2.62. The van der Waals surface area contributed by atoms with Crippen LogP contribution in [0.4, 0.5) is 5.69 Å². The van der Waals surface area contributed by atoms with E-state index >= 15 is 0 Å². The summed E-state index contributed by atoms with van der Waals surface area (Å²) >= 11 is 0. The summed E-state index contributed by atoms with van der Waals surface area (Å²) < 4.78 is 0. The molecule has 2 atom stereocenters. The zero-order valence-electron chi connectivity index (χ0n) is 12.5. The van der Waals surface area contributed by atoms with Gasteiger partial charge in [-0.25, -0.2) is 0 Å². The molecule has 22 heavy (non-hydrogen) atoms. The Hall–Kier alpha value is -2.21. The second-order valence-corrected chi connectivity index (χ2v) is 5.85. The van der Waals surface area contributed by atoms with Crippen LogP contribution in [-0.2, 0) is 14.4 Å². The van der Waals surface area contributed by atoms with Crippen LogP contribution in [-0.4, -0.2) is 48.2 Å². The molecule has 0 radical (unpaired) electrons. The van der Waals surface area contributed by atoms with Crippen LogP contribution in [0, 0.1) is 12.8 Å². The summed E-state index contributed by atoms with van der Waals surface area (Å²) in [4.78, 5) is 38.8. The van der Waals surface area contributed by atoms with Gasteiger partial charge in [-0.3, -0.25) is 14.4 Å². The van der Waals surface area contributed by atoms with E-state index < -0.39 is 11.8 Å². The van der Waals surface area contributed by atoms with Crippen molar-refractivity contribution in [3.8, 4) is 0 Å². The summed E-state index contributed by atoms with van der Waals surface area (Å²) in [5, 5.41) is 5.85. The number of rotatable bonds is 2. The first-order valence-corrected chi connectivity index (χ1v) is 7.47. The third-order valence-electron chi connectivity index (χ3n) is 4.19. The molecule has 2 amide bonds. The van der Waals surface area contributed by atoms with Gasteiger partial charge in [-0.1, -0.05) is 12.1 Å². The first kappa shape index (κ1) is 14.7. The Balaban J connectivity index is 1.76. The Bertz CT molecular complexity index is 629. The van der Waals surface area contributed by atoms with Gasteiger partial charge in [0.05, 0.1) is 6.04 Å². The number of fused-ring (bicyclic) bond motifs is 1. The summed E-state index contributed by atoms with van der Waals surface area (Å²) in [5.74, 6) is -2.40. The first-order valence-electron chi connectivity index (χ1n) is 7.47. The lowest BCUT2D eigenvalue weighted by atomic mass is 9.88. The molecule has 2 aliphatic heterocycles. The molecule has 0 bridgehead atoms. The quantitative estimate of drug-likeness (QED) is 0.771. The number of nitrogens with one attached hydrogen (secondary N) is 2. The lowest BCUT2D eigenvalue weighted by molar-refractivity contribution is -0.153. The number of carbonyl (C=O) groups excluding carboxylic acids is 3. The topological polar surface area (TPSA) is 78.5 Å². The fourth-order valence-electron chi connectivity index (χ4n) is 3.08. The fourth-order valence-corrected chi connectivity index (χ4v) is 3.08. The fraction of sp³-hybridized carbons (Fsp3) is 0.438. The molecule has 6 nitrogen and oxygen atoms in total.